The topological polar surface area (TPSA) is 82.3 Å². The first-order chi connectivity index (χ1) is 13.6. The van der Waals surface area contributed by atoms with Gasteiger partial charge in [0.05, 0.1) is 29.1 Å². The van der Waals surface area contributed by atoms with E-state index in [1.54, 1.807) is 17.0 Å². The van der Waals surface area contributed by atoms with Gasteiger partial charge in [0.15, 0.2) is 0 Å². The highest BCUT2D eigenvalue weighted by Crippen LogP contribution is 2.34. The fraction of sp³-hybridized carbons (Fsp3) is 0.474. The van der Waals surface area contributed by atoms with Crippen molar-refractivity contribution in [2.45, 2.75) is 38.8 Å². The van der Waals surface area contributed by atoms with Crippen molar-refractivity contribution in [1.82, 2.24) is 14.9 Å². The zero-order chi connectivity index (χ0) is 21.3. The average Bonchev–Trinajstić information content (AvgIpc) is 2.61. The lowest BCUT2D eigenvalue weighted by Gasteiger charge is -2.41. The van der Waals surface area contributed by atoms with Gasteiger partial charge in [-0.05, 0) is 60.4 Å². The lowest BCUT2D eigenvalue weighted by Crippen LogP contribution is -2.56. The van der Waals surface area contributed by atoms with E-state index in [1.807, 2.05) is 25.7 Å². The molecule has 1 unspecified atom stereocenters. The van der Waals surface area contributed by atoms with Gasteiger partial charge < -0.3 is 14.5 Å². The van der Waals surface area contributed by atoms with Gasteiger partial charge in [-0.2, -0.15) is 10.2 Å². The molecule has 1 atom stereocenters. The van der Waals surface area contributed by atoms with Crippen LogP contribution in [-0.4, -0.2) is 52.2 Å². The SMILES string of the molecule is CC(C)(C)OC(=O)N1CCN(c2nc(Cl)nc3cc(Br)c(Cl)cc23)CC1CC#N. The molecule has 0 saturated carbocycles. The fourth-order valence-corrected chi connectivity index (χ4v) is 3.88. The Kier molecular flexibility index (Phi) is 6.42. The summed E-state index contributed by atoms with van der Waals surface area (Å²) in [4.78, 5) is 24.9. The van der Waals surface area contributed by atoms with Gasteiger partial charge in [0, 0.05) is 29.5 Å². The van der Waals surface area contributed by atoms with Crippen LogP contribution in [0.2, 0.25) is 10.3 Å². The Morgan fingerprint density at radius 1 is 1.34 bits per heavy atom. The van der Waals surface area contributed by atoms with Crippen LogP contribution in [0.3, 0.4) is 0 Å². The van der Waals surface area contributed by atoms with E-state index >= 15 is 0 Å². The highest BCUT2D eigenvalue weighted by atomic mass is 79.9. The number of rotatable bonds is 2. The number of fused-ring (bicyclic) bond motifs is 1. The third-order valence-corrected chi connectivity index (χ3v) is 5.79. The average molecular weight is 501 g/mol. The van der Waals surface area contributed by atoms with Crippen molar-refractivity contribution in [3.05, 3.63) is 26.9 Å². The van der Waals surface area contributed by atoms with E-state index in [0.29, 0.717) is 40.5 Å². The Hall–Kier alpha value is -1.82. The Labute approximate surface area is 187 Å². The van der Waals surface area contributed by atoms with Crippen LogP contribution in [0.1, 0.15) is 27.2 Å². The first-order valence-electron chi connectivity index (χ1n) is 9.03. The molecule has 2 aromatic rings. The van der Waals surface area contributed by atoms with Gasteiger partial charge in [-0.1, -0.05) is 11.6 Å². The minimum Gasteiger partial charge on any atom is -0.444 e. The number of nitriles is 1. The number of anilines is 1. The van der Waals surface area contributed by atoms with Crippen molar-refractivity contribution < 1.29 is 9.53 Å². The van der Waals surface area contributed by atoms with E-state index in [-0.39, 0.29) is 17.7 Å². The smallest absolute Gasteiger partial charge is 0.410 e. The number of aromatic nitrogens is 2. The monoisotopic (exact) mass is 499 g/mol. The normalized spacial score (nSPS) is 17.3. The largest absolute Gasteiger partial charge is 0.444 e. The van der Waals surface area contributed by atoms with E-state index in [1.165, 1.54) is 0 Å². The predicted molar refractivity (Wildman–Crippen MR) is 116 cm³/mol. The maximum absolute atomic E-state index is 12.6. The van der Waals surface area contributed by atoms with Gasteiger partial charge in [-0.25, -0.2) is 9.78 Å². The van der Waals surface area contributed by atoms with Crippen LogP contribution < -0.4 is 4.90 Å². The number of ether oxygens (including phenoxy) is 1. The van der Waals surface area contributed by atoms with E-state index in [9.17, 15) is 10.1 Å². The zero-order valence-electron chi connectivity index (χ0n) is 16.2. The van der Waals surface area contributed by atoms with Crippen molar-refractivity contribution in [2.24, 2.45) is 0 Å². The molecule has 154 valence electrons. The minimum absolute atomic E-state index is 0.119. The molecule has 1 saturated heterocycles. The molecular weight excluding hydrogens is 481 g/mol. The molecule has 1 aromatic carbocycles. The molecule has 0 spiro atoms. The fourth-order valence-electron chi connectivity index (χ4n) is 3.21. The number of amides is 1. The number of halogens is 3. The van der Waals surface area contributed by atoms with Gasteiger partial charge in [0.1, 0.15) is 11.4 Å². The number of carbonyl (C=O) groups excluding carboxylic acids is 1. The van der Waals surface area contributed by atoms with Gasteiger partial charge in [0.25, 0.3) is 0 Å². The Morgan fingerprint density at radius 3 is 2.72 bits per heavy atom. The van der Waals surface area contributed by atoms with E-state index < -0.39 is 11.7 Å². The van der Waals surface area contributed by atoms with Crippen molar-refractivity contribution in [3.63, 3.8) is 0 Å². The molecule has 29 heavy (non-hydrogen) atoms. The molecule has 0 bridgehead atoms. The number of hydrogen-bond acceptors (Lipinski definition) is 6. The molecule has 1 aliphatic rings. The molecule has 7 nitrogen and oxygen atoms in total. The van der Waals surface area contributed by atoms with Crippen LogP contribution in [0.25, 0.3) is 10.9 Å². The quantitative estimate of drug-likeness (QED) is 0.537. The number of nitrogens with zero attached hydrogens (tertiary/aromatic N) is 5. The first-order valence-corrected chi connectivity index (χ1v) is 10.6. The third kappa shape index (κ3) is 5.03. The molecule has 1 amide bonds. The summed E-state index contributed by atoms with van der Waals surface area (Å²) in [6.45, 7) is 6.78. The van der Waals surface area contributed by atoms with Crippen LogP contribution in [0.4, 0.5) is 10.6 Å². The number of hydrogen-bond donors (Lipinski definition) is 0. The van der Waals surface area contributed by atoms with Crippen LogP contribution in [0, 0.1) is 11.3 Å². The first kappa shape index (κ1) is 21.9. The summed E-state index contributed by atoms with van der Waals surface area (Å²) < 4.78 is 6.22. The molecule has 10 heteroatoms. The Balaban J connectivity index is 1.93. The maximum Gasteiger partial charge on any atom is 0.410 e. The van der Waals surface area contributed by atoms with Crippen LogP contribution >= 0.6 is 39.1 Å². The van der Waals surface area contributed by atoms with Gasteiger partial charge in [-0.3, -0.25) is 0 Å². The highest BCUT2D eigenvalue weighted by molar-refractivity contribution is 9.10. The summed E-state index contributed by atoms with van der Waals surface area (Å²) in [7, 11) is 0. The maximum atomic E-state index is 12.6. The zero-order valence-corrected chi connectivity index (χ0v) is 19.3. The van der Waals surface area contributed by atoms with E-state index in [4.69, 9.17) is 27.9 Å². The summed E-state index contributed by atoms with van der Waals surface area (Å²) in [5.74, 6) is 0.626. The second-order valence-corrected chi connectivity index (χ2v) is 9.34. The Morgan fingerprint density at radius 2 is 2.07 bits per heavy atom. The van der Waals surface area contributed by atoms with Gasteiger partial charge in [0.2, 0.25) is 5.28 Å². The molecule has 2 heterocycles. The van der Waals surface area contributed by atoms with E-state index in [0.717, 1.165) is 5.39 Å². The molecule has 3 rings (SSSR count). The van der Waals surface area contributed by atoms with Crippen molar-refractivity contribution >= 4 is 61.9 Å². The van der Waals surface area contributed by atoms with Crippen LogP contribution in [0.5, 0.6) is 0 Å². The van der Waals surface area contributed by atoms with Crippen molar-refractivity contribution in [3.8, 4) is 6.07 Å². The second kappa shape index (κ2) is 8.50. The highest BCUT2D eigenvalue weighted by Gasteiger charge is 2.34. The number of piperazine rings is 1. The summed E-state index contributed by atoms with van der Waals surface area (Å²) in [5.41, 5.74) is 0.0500. The molecule has 1 aliphatic heterocycles. The molecular formula is C19H20BrCl2N5O2. The lowest BCUT2D eigenvalue weighted by atomic mass is 10.1. The molecule has 0 aliphatic carbocycles. The predicted octanol–water partition coefficient (Wildman–Crippen LogP) is 5.04. The molecule has 1 aromatic heterocycles. The molecule has 0 N–H and O–H groups in total. The second-order valence-electron chi connectivity index (χ2n) is 7.74. The van der Waals surface area contributed by atoms with Crippen LogP contribution in [0.15, 0.2) is 16.6 Å². The minimum atomic E-state index is -0.605. The van der Waals surface area contributed by atoms with Gasteiger partial charge >= 0.3 is 6.09 Å². The van der Waals surface area contributed by atoms with E-state index in [2.05, 4.69) is 32.0 Å². The van der Waals surface area contributed by atoms with Gasteiger partial charge in [-0.15, -0.1) is 0 Å². The molecule has 0 radical (unpaired) electrons. The summed E-state index contributed by atoms with van der Waals surface area (Å²) >= 11 is 15.8. The summed E-state index contributed by atoms with van der Waals surface area (Å²) in [6.07, 6.45) is -0.242. The Bertz CT molecular complexity index is 989. The number of carbonyl (C=O) groups is 1. The third-order valence-electron chi connectivity index (χ3n) is 4.43. The lowest BCUT2D eigenvalue weighted by molar-refractivity contribution is 0.0145. The standard InChI is InChI=1S/C19H20BrCl2N5O2/c1-19(2,3)29-18(28)27-7-6-26(10-11(27)4-5-23)16-12-8-14(21)13(20)9-15(12)24-17(22)25-16/h8-9,11H,4,6-7,10H2,1-3H3. The molecule has 1 fully saturated rings. The van der Waals surface area contributed by atoms with Crippen molar-refractivity contribution in [2.75, 3.05) is 24.5 Å². The van der Waals surface area contributed by atoms with Crippen LogP contribution in [-0.2, 0) is 4.74 Å². The van der Waals surface area contributed by atoms with Crippen molar-refractivity contribution in [1.29, 1.82) is 5.26 Å². The summed E-state index contributed by atoms with van der Waals surface area (Å²) in [5, 5.41) is 10.7. The number of benzene rings is 1. The summed E-state index contributed by atoms with van der Waals surface area (Å²) in [6, 6.07) is 5.40.